The zero-order valence-corrected chi connectivity index (χ0v) is 11.6. The highest BCUT2D eigenvalue weighted by molar-refractivity contribution is 4.90. The highest BCUT2D eigenvalue weighted by Crippen LogP contribution is 2.01. The topological polar surface area (TPSA) is 11.4 Å². The summed E-state index contributed by atoms with van der Waals surface area (Å²) in [7, 11) is 0. The van der Waals surface area contributed by atoms with E-state index < -0.39 is 0 Å². The van der Waals surface area contributed by atoms with Gasteiger partial charge in [-0.3, -0.25) is 4.90 Å². The third-order valence-corrected chi connectivity index (χ3v) is 3.25. The van der Waals surface area contributed by atoms with Crippen molar-refractivity contribution in [3.05, 3.63) is 24.5 Å². The zero-order chi connectivity index (χ0) is 12.5. The Bertz CT molecular complexity index is 261. The van der Waals surface area contributed by atoms with Crippen molar-refractivity contribution in [1.29, 1.82) is 0 Å². The summed E-state index contributed by atoms with van der Waals surface area (Å²) in [6, 6.07) is 4.18. The van der Waals surface area contributed by atoms with E-state index >= 15 is 0 Å². The van der Waals surface area contributed by atoms with Gasteiger partial charge in [0.2, 0.25) is 0 Å². The average molecular weight is 237 g/mol. The van der Waals surface area contributed by atoms with Gasteiger partial charge in [-0.05, 0) is 18.7 Å². The van der Waals surface area contributed by atoms with Crippen molar-refractivity contribution in [2.45, 2.75) is 27.3 Å². The minimum atomic E-state index is 1.12. The minimum Gasteiger partial charge on any atom is -0.353 e. The van der Waals surface area contributed by atoms with Crippen molar-refractivity contribution in [2.75, 3.05) is 39.3 Å². The maximum atomic E-state index is 2.56. The van der Waals surface area contributed by atoms with Gasteiger partial charge < -0.3 is 9.47 Å². The number of piperazine rings is 1. The number of hydrogen-bond acceptors (Lipinski definition) is 2. The molecule has 2 rings (SSSR count). The molecule has 98 valence electrons. The van der Waals surface area contributed by atoms with E-state index in [9.17, 15) is 0 Å². The second-order valence-corrected chi connectivity index (χ2v) is 4.20. The van der Waals surface area contributed by atoms with Crippen molar-refractivity contribution < 1.29 is 0 Å². The second kappa shape index (κ2) is 8.31. The molecule has 0 N–H and O–H groups in total. The van der Waals surface area contributed by atoms with E-state index in [1.807, 2.05) is 13.8 Å². The summed E-state index contributed by atoms with van der Waals surface area (Å²) >= 11 is 0. The Labute approximate surface area is 106 Å². The molecule has 1 aliphatic heterocycles. The quantitative estimate of drug-likeness (QED) is 0.795. The van der Waals surface area contributed by atoms with Gasteiger partial charge in [0.15, 0.2) is 0 Å². The van der Waals surface area contributed by atoms with Gasteiger partial charge in [-0.25, -0.2) is 0 Å². The SMILES string of the molecule is CC.CCN1CCN(CCn2cccc2)CC1. The number of likely N-dealkylation sites (N-methyl/N-ethyl adjacent to an activating group) is 1. The first kappa shape index (κ1) is 14.3. The smallest absolute Gasteiger partial charge is 0.0347 e. The van der Waals surface area contributed by atoms with Gasteiger partial charge in [0.25, 0.3) is 0 Å². The van der Waals surface area contributed by atoms with Gasteiger partial charge in [-0.2, -0.15) is 0 Å². The molecule has 1 aromatic rings. The van der Waals surface area contributed by atoms with Crippen molar-refractivity contribution >= 4 is 0 Å². The summed E-state index contributed by atoms with van der Waals surface area (Å²) < 4.78 is 2.26. The Kier molecular flexibility index (Phi) is 6.97. The van der Waals surface area contributed by atoms with Crippen LogP contribution in [-0.4, -0.2) is 53.6 Å². The first-order valence-electron chi connectivity index (χ1n) is 6.94. The molecule has 17 heavy (non-hydrogen) atoms. The van der Waals surface area contributed by atoms with E-state index in [-0.39, 0.29) is 0 Å². The fourth-order valence-corrected chi connectivity index (χ4v) is 2.11. The van der Waals surface area contributed by atoms with Gasteiger partial charge in [0.05, 0.1) is 0 Å². The van der Waals surface area contributed by atoms with Crippen LogP contribution in [0.4, 0.5) is 0 Å². The molecule has 0 aliphatic carbocycles. The van der Waals surface area contributed by atoms with Crippen LogP contribution < -0.4 is 0 Å². The molecular formula is C14H27N3. The molecule has 0 bridgehead atoms. The van der Waals surface area contributed by atoms with E-state index in [1.165, 1.54) is 39.3 Å². The van der Waals surface area contributed by atoms with E-state index in [0.717, 1.165) is 6.54 Å². The Morgan fingerprint density at radius 1 is 0.824 bits per heavy atom. The van der Waals surface area contributed by atoms with Crippen molar-refractivity contribution in [2.24, 2.45) is 0 Å². The molecule has 0 aromatic carbocycles. The highest BCUT2D eigenvalue weighted by Gasteiger charge is 2.14. The van der Waals surface area contributed by atoms with Crippen LogP contribution in [0.25, 0.3) is 0 Å². The van der Waals surface area contributed by atoms with Crippen molar-refractivity contribution in [3.8, 4) is 0 Å². The molecule has 1 aromatic heterocycles. The monoisotopic (exact) mass is 237 g/mol. The Hall–Kier alpha value is -0.800. The van der Waals surface area contributed by atoms with E-state index in [2.05, 4.69) is 45.8 Å². The minimum absolute atomic E-state index is 1.12. The molecule has 1 saturated heterocycles. The first-order chi connectivity index (χ1) is 8.38. The predicted octanol–water partition coefficient (Wildman–Crippen LogP) is 2.15. The lowest BCUT2D eigenvalue weighted by molar-refractivity contribution is 0.134. The Morgan fingerprint density at radius 2 is 1.35 bits per heavy atom. The average Bonchev–Trinajstić information content (AvgIpc) is 2.92. The lowest BCUT2D eigenvalue weighted by atomic mass is 10.3. The maximum absolute atomic E-state index is 2.56. The molecule has 0 saturated carbocycles. The highest BCUT2D eigenvalue weighted by atomic mass is 15.3. The molecule has 2 heterocycles. The number of nitrogens with zero attached hydrogens (tertiary/aromatic N) is 3. The molecule has 0 amide bonds. The van der Waals surface area contributed by atoms with Crippen LogP contribution in [0.15, 0.2) is 24.5 Å². The largest absolute Gasteiger partial charge is 0.353 e. The molecule has 0 atom stereocenters. The lowest BCUT2D eigenvalue weighted by Gasteiger charge is -2.34. The molecule has 3 nitrogen and oxygen atoms in total. The zero-order valence-electron chi connectivity index (χ0n) is 11.6. The van der Waals surface area contributed by atoms with Gasteiger partial charge in [-0.1, -0.05) is 20.8 Å². The van der Waals surface area contributed by atoms with Crippen LogP contribution in [0.5, 0.6) is 0 Å². The number of rotatable bonds is 4. The summed E-state index contributed by atoms with van der Waals surface area (Å²) in [6.45, 7) is 14.7. The first-order valence-corrected chi connectivity index (χ1v) is 6.94. The van der Waals surface area contributed by atoms with E-state index in [4.69, 9.17) is 0 Å². The van der Waals surface area contributed by atoms with Gasteiger partial charge >= 0.3 is 0 Å². The summed E-state index contributed by atoms with van der Waals surface area (Å²) in [4.78, 5) is 5.08. The van der Waals surface area contributed by atoms with Crippen LogP contribution in [0.1, 0.15) is 20.8 Å². The molecule has 0 unspecified atom stereocenters. The Morgan fingerprint density at radius 3 is 1.88 bits per heavy atom. The second-order valence-electron chi connectivity index (χ2n) is 4.20. The molecule has 0 radical (unpaired) electrons. The van der Waals surface area contributed by atoms with Crippen molar-refractivity contribution in [1.82, 2.24) is 14.4 Å². The lowest BCUT2D eigenvalue weighted by Crippen LogP contribution is -2.46. The molecule has 1 fully saturated rings. The summed E-state index contributed by atoms with van der Waals surface area (Å²) in [5.41, 5.74) is 0. The molecule has 0 spiro atoms. The van der Waals surface area contributed by atoms with Crippen LogP contribution in [0.2, 0.25) is 0 Å². The molecule has 1 aliphatic rings. The third kappa shape index (κ3) is 4.92. The maximum Gasteiger partial charge on any atom is 0.0347 e. The van der Waals surface area contributed by atoms with Crippen LogP contribution in [0, 0.1) is 0 Å². The van der Waals surface area contributed by atoms with E-state index in [1.54, 1.807) is 0 Å². The Balaban J connectivity index is 0.000000686. The van der Waals surface area contributed by atoms with Gasteiger partial charge in [0, 0.05) is 51.7 Å². The molecular weight excluding hydrogens is 210 g/mol. The number of aromatic nitrogens is 1. The summed E-state index contributed by atoms with van der Waals surface area (Å²) in [5, 5.41) is 0. The normalized spacial score (nSPS) is 17.6. The summed E-state index contributed by atoms with van der Waals surface area (Å²) in [6.07, 6.45) is 4.28. The van der Waals surface area contributed by atoms with Crippen molar-refractivity contribution in [3.63, 3.8) is 0 Å². The standard InChI is InChI=1S/C12H21N3.C2H6/c1-2-13-7-9-15(10-8-13)12-11-14-5-3-4-6-14;1-2/h3-6H,2,7-12H2,1H3;1-2H3. The molecule has 3 heteroatoms. The van der Waals surface area contributed by atoms with Crippen LogP contribution in [-0.2, 0) is 6.54 Å². The van der Waals surface area contributed by atoms with Gasteiger partial charge in [-0.15, -0.1) is 0 Å². The summed E-state index contributed by atoms with van der Waals surface area (Å²) in [5.74, 6) is 0. The van der Waals surface area contributed by atoms with Crippen LogP contribution in [0.3, 0.4) is 0 Å². The fraction of sp³-hybridized carbons (Fsp3) is 0.714. The number of hydrogen-bond donors (Lipinski definition) is 0. The van der Waals surface area contributed by atoms with E-state index in [0.29, 0.717) is 0 Å². The van der Waals surface area contributed by atoms with Crippen LogP contribution >= 0.6 is 0 Å². The third-order valence-electron chi connectivity index (χ3n) is 3.25. The predicted molar refractivity (Wildman–Crippen MR) is 74.3 cm³/mol. The fourth-order valence-electron chi connectivity index (χ4n) is 2.11. The van der Waals surface area contributed by atoms with Gasteiger partial charge in [0.1, 0.15) is 0 Å².